The van der Waals surface area contributed by atoms with Crippen molar-refractivity contribution in [3.05, 3.63) is 43.2 Å². The zero-order chi connectivity index (χ0) is 8.39. The van der Waals surface area contributed by atoms with Gasteiger partial charge in [-0.15, -0.1) is 0 Å². The first kappa shape index (κ1) is 7.16. The first-order valence-corrected chi connectivity index (χ1v) is 3.81. The zero-order valence-electron chi connectivity index (χ0n) is 6.55. The molecule has 12 heavy (non-hydrogen) atoms. The molecular formula is C9H9N2O. The highest BCUT2D eigenvalue weighted by Gasteiger charge is 2.15. The Hall–Kier alpha value is -1.51. The Morgan fingerprint density at radius 1 is 1.25 bits per heavy atom. The van der Waals surface area contributed by atoms with Gasteiger partial charge in [0.2, 0.25) is 0 Å². The van der Waals surface area contributed by atoms with E-state index in [1.165, 1.54) is 0 Å². The van der Waals surface area contributed by atoms with Crippen molar-refractivity contribution in [2.45, 2.75) is 0 Å². The van der Waals surface area contributed by atoms with Gasteiger partial charge in [0.1, 0.15) is 6.54 Å². The standard InChI is InChI=1S/C9H9N2O/c12-9-4-3-7-10-5-1-2-6-11(10)8-9/h1-6,8H,7H2. The number of carbonyl (C=O) groups is 1. The maximum Gasteiger partial charge on any atom is 0.182 e. The maximum atomic E-state index is 11.1. The molecule has 2 aliphatic rings. The Bertz CT molecular complexity index is 278. The average Bonchev–Trinajstić information content (AvgIpc) is 2.25. The van der Waals surface area contributed by atoms with Crippen LogP contribution in [0.5, 0.6) is 0 Å². The molecule has 0 spiro atoms. The van der Waals surface area contributed by atoms with Gasteiger partial charge in [0.05, 0.1) is 6.54 Å². The smallest absolute Gasteiger partial charge is 0.182 e. The monoisotopic (exact) mass is 161 g/mol. The highest BCUT2D eigenvalue weighted by atomic mass is 16.1. The number of fused-ring (bicyclic) bond motifs is 1. The summed E-state index contributed by atoms with van der Waals surface area (Å²) in [7, 11) is 0. The van der Waals surface area contributed by atoms with Crippen LogP contribution < -0.4 is 0 Å². The van der Waals surface area contributed by atoms with Crippen LogP contribution in [-0.2, 0) is 4.79 Å². The second kappa shape index (κ2) is 2.85. The van der Waals surface area contributed by atoms with Crippen molar-refractivity contribution in [2.24, 2.45) is 0 Å². The lowest BCUT2D eigenvalue weighted by atomic mass is 10.3. The molecule has 0 saturated heterocycles. The van der Waals surface area contributed by atoms with Crippen LogP contribution in [0.3, 0.4) is 0 Å². The van der Waals surface area contributed by atoms with Crippen molar-refractivity contribution in [2.75, 3.05) is 6.54 Å². The van der Waals surface area contributed by atoms with E-state index in [0.717, 1.165) is 6.54 Å². The average molecular weight is 161 g/mol. The van der Waals surface area contributed by atoms with E-state index >= 15 is 0 Å². The van der Waals surface area contributed by atoms with E-state index in [-0.39, 0.29) is 5.78 Å². The van der Waals surface area contributed by atoms with Crippen LogP contribution in [0.4, 0.5) is 0 Å². The molecule has 0 atom stereocenters. The number of hydrazine groups is 1. The molecule has 3 heteroatoms. The lowest BCUT2D eigenvalue weighted by Gasteiger charge is -2.31. The van der Waals surface area contributed by atoms with Crippen molar-refractivity contribution in [1.29, 1.82) is 0 Å². The van der Waals surface area contributed by atoms with E-state index < -0.39 is 0 Å². The van der Waals surface area contributed by atoms with Gasteiger partial charge in [0.25, 0.3) is 0 Å². The number of allylic oxidation sites excluding steroid dienone is 2. The summed E-state index contributed by atoms with van der Waals surface area (Å²) in [6, 6.07) is 0. The van der Waals surface area contributed by atoms with Crippen LogP contribution in [0.25, 0.3) is 0 Å². The maximum absolute atomic E-state index is 11.1. The zero-order valence-corrected chi connectivity index (χ0v) is 6.55. The van der Waals surface area contributed by atoms with Gasteiger partial charge in [-0.05, 0) is 18.2 Å². The summed E-state index contributed by atoms with van der Waals surface area (Å²) in [5, 5.41) is 3.73. The van der Waals surface area contributed by atoms with Crippen molar-refractivity contribution >= 4 is 5.78 Å². The first-order chi connectivity index (χ1) is 5.86. The quantitative estimate of drug-likeness (QED) is 0.526. The summed E-state index contributed by atoms with van der Waals surface area (Å²) in [5.41, 5.74) is 0. The summed E-state index contributed by atoms with van der Waals surface area (Å²) in [4.78, 5) is 11.1. The lowest BCUT2D eigenvalue weighted by Crippen LogP contribution is -2.34. The second-order valence-electron chi connectivity index (χ2n) is 2.62. The predicted octanol–water partition coefficient (Wildman–Crippen LogP) is 0.847. The van der Waals surface area contributed by atoms with Crippen molar-refractivity contribution in [3.8, 4) is 0 Å². The van der Waals surface area contributed by atoms with Crippen LogP contribution in [-0.4, -0.2) is 22.3 Å². The van der Waals surface area contributed by atoms with Gasteiger partial charge in [-0.3, -0.25) is 14.8 Å². The van der Waals surface area contributed by atoms with Gasteiger partial charge in [0, 0.05) is 12.4 Å². The third kappa shape index (κ3) is 1.25. The Morgan fingerprint density at radius 2 is 2.08 bits per heavy atom. The Morgan fingerprint density at radius 3 is 3.00 bits per heavy atom. The number of ketones is 1. The fourth-order valence-corrected chi connectivity index (χ4v) is 1.17. The summed E-state index contributed by atoms with van der Waals surface area (Å²) in [5.74, 6) is 0.0254. The van der Waals surface area contributed by atoms with Crippen LogP contribution in [0.2, 0.25) is 0 Å². The predicted molar refractivity (Wildman–Crippen MR) is 45.3 cm³/mol. The Labute approximate surface area is 71.2 Å². The van der Waals surface area contributed by atoms with Crippen LogP contribution in [0.1, 0.15) is 0 Å². The molecule has 2 aliphatic heterocycles. The van der Waals surface area contributed by atoms with Gasteiger partial charge in [-0.25, -0.2) is 0 Å². The van der Waals surface area contributed by atoms with E-state index in [0.29, 0.717) is 0 Å². The summed E-state index contributed by atoms with van der Waals surface area (Å²) < 4.78 is 0. The molecule has 61 valence electrons. The van der Waals surface area contributed by atoms with Crippen molar-refractivity contribution < 1.29 is 4.79 Å². The molecule has 0 aromatic carbocycles. The molecule has 0 aromatic rings. The molecular weight excluding hydrogens is 152 g/mol. The first-order valence-electron chi connectivity index (χ1n) is 3.81. The van der Waals surface area contributed by atoms with Crippen LogP contribution >= 0.6 is 0 Å². The van der Waals surface area contributed by atoms with E-state index in [4.69, 9.17) is 0 Å². The molecule has 0 unspecified atom stereocenters. The number of carbonyl (C=O) groups excluding carboxylic acids is 1. The molecule has 0 saturated carbocycles. The topological polar surface area (TPSA) is 23.6 Å². The number of hydrogen-bond donors (Lipinski definition) is 0. The van der Waals surface area contributed by atoms with E-state index in [1.54, 1.807) is 17.6 Å². The minimum atomic E-state index is 0.0254. The third-order valence-corrected chi connectivity index (χ3v) is 1.74. The molecule has 1 radical (unpaired) electrons. The summed E-state index contributed by atoms with van der Waals surface area (Å²) >= 11 is 0. The Balaban J connectivity index is 2.19. The number of rotatable bonds is 0. The normalized spacial score (nSPS) is 21.2. The third-order valence-electron chi connectivity index (χ3n) is 1.74. The molecule has 0 fully saturated rings. The largest absolute Gasteiger partial charge is 0.292 e. The highest BCUT2D eigenvalue weighted by molar-refractivity contribution is 5.96. The number of hydrogen-bond acceptors (Lipinski definition) is 3. The fourth-order valence-electron chi connectivity index (χ4n) is 1.17. The fraction of sp³-hybridized carbons (Fsp3) is 0.111. The molecule has 3 nitrogen and oxygen atoms in total. The van der Waals surface area contributed by atoms with Gasteiger partial charge in [-0.1, -0.05) is 6.08 Å². The van der Waals surface area contributed by atoms with Gasteiger partial charge in [-0.2, -0.15) is 0 Å². The Kier molecular flexibility index (Phi) is 1.70. The van der Waals surface area contributed by atoms with Gasteiger partial charge in [0.15, 0.2) is 5.78 Å². The van der Waals surface area contributed by atoms with E-state index in [1.807, 2.05) is 35.6 Å². The number of nitrogens with zero attached hydrogens (tertiary/aromatic N) is 2. The van der Waals surface area contributed by atoms with Crippen molar-refractivity contribution in [3.63, 3.8) is 0 Å². The highest BCUT2D eigenvalue weighted by Crippen LogP contribution is 2.11. The molecule has 0 aliphatic carbocycles. The molecule has 2 heterocycles. The minimum Gasteiger partial charge on any atom is -0.292 e. The van der Waals surface area contributed by atoms with Gasteiger partial charge < -0.3 is 0 Å². The second-order valence-corrected chi connectivity index (χ2v) is 2.62. The summed E-state index contributed by atoms with van der Waals surface area (Å²) in [6.45, 7) is 2.30. The molecule has 0 N–H and O–H groups in total. The summed E-state index contributed by atoms with van der Waals surface area (Å²) in [6.07, 6.45) is 11.0. The SMILES string of the molecule is O=C1[CH]N2C=CC=CN2CC=C1. The van der Waals surface area contributed by atoms with Crippen LogP contribution in [0, 0.1) is 6.54 Å². The molecule has 2 rings (SSSR count). The lowest BCUT2D eigenvalue weighted by molar-refractivity contribution is -0.114. The molecule has 0 aromatic heterocycles. The van der Waals surface area contributed by atoms with E-state index in [9.17, 15) is 4.79 Å². The van der Waals surface area contributed by atoms with Crippen LogP contribution in [0.15, 0.2) is 36.7 Å². The molecule has 0 amide bonds. The van der Waals surface area contributed by atoms with Crippen molar-refractivity contribution in [1.82, 2.24) is 10.0 Å². The van der Waals surface area contributed by atoms with Gasteiger partial charge >= 0.3 is 0 Å². The minimum absolute atomic E-state index is 0.0254. The van der Waals surface area contributed by atoms with E-state index in [2.05, 4.69) is 0 Å². The molecule has 0 bridgehead atoms.